The minimum absolute atomic E-state index is 0.0308. The largest absolute Gasteiger partial charge is 0.454 e. The quantitative estimate of drug-likeness (QED) is 0.443. The van der Waals surface area contributed by atoms with E-state index in [0.717, 1.165) is 25.7 Å². The number of hydrogen-bond acceptors (Lipinski definition) is 6. The van der Waals surface area contributed by atoms with Gasteiger partial charge in [-0.2, -0.15) is 0 Å². The molecular formula is C27H27N3O4S. The molecule has 2 N–H and O–H groups in total. The third-order valence-electron chi connectivity index (χ3n) is 6.55. The summed E-state index contributed by atoms with van der Waals surface area (Å²) in [5.74, 6) is 1.03. The van der Waals surface area contributed by atoms with Crippen LogP contribution in [0.2, 0.25) is 0 Å². The highest BCUT2D eigenvalue weighted by molar-refractivity contribution is 8.00. The lowest BCUT2D eigenvalue weighted by Crippen LogP contribution is -2.39. The van der Waals surface area contributed by atoms with Gasteiger partial charge in [0.1, 0.15) is 5.03 Å². The monoisotopic (exact) mass is 489 g/mol. The molecule has 180 valence electrons. The molecular weight excluding hydrogens is 462 g/mol. The first-order valence-electron chi connectivity index (χ1n) is 11.7. The van der Waals surface area contributed by atoms with E-state index in [-0.39, 0.29) is 29.8 Å². The van der Waals surface area contributed by atoms with Crippen LogP contribution in [-0.2, 0) is 10.2 Å². The first-order valence-corrected chi connectivity index (χ1v) is 12.7. The number of nitrogens with one attached hydrogen (secondary N) is 2. The Morgan fingerprint density at radius 3 is 2.60 bits per heavy atom. The van der Waals surface area contributed by atoms with Crippen molar-refractivity contribution in [3.05, 3.63) is 78.0 Å². The summed E-state index contributed by atoms with van der Waals surface area (Å²) in [7, 11) is 0. The molecule has 35 heavy (non-hydrogen) atoms. The second-order valence-electron chi connectivity index (χ2n) is 8.80. The first-order chi connectivity index (χ1) is 17.1. The summed E-state index contributed by atoms with van der Waals surface area (Å²) in [4.78, 5) is 30.0. The van der Waals surface area contributed by atoms with Crippen LogP contribution >= 0.6 is 11.8 Å². The lowest BCUT2D eigenvalue weighted by Gasteiger charge is -2.30. The highest BCUT2D eigenvalue weighted by atomic mass is 32.2. The molecule has 2 heterocycles. The summed E-state index contributed by atoms with van der Waals surface area (Å²) in [6.45, 7) is 0.763. The van der Waals surface area contributed by atoms with Gasteiger partial charge in [-0.25, -0.2) is 4.98 Å². The topological polar surface area (TPSA) is 89.6 Å². The molecule has 1 aromatic heterocycles. The molecule has 2 aromatic carbocycles. The molecule has 0 saturated heterocycles. The Kier molecular flexibility index (Phi) is 6.90. The molecule has 5 rings (SSSR count). The number of carbonyl (C=O) groups excluding carboxylic acids is 2. The number of benzene rings is 2. The van der Waals surface area contributed by atoms with Crippen LogP contribution in [0.1, 0.15) is 41.6 Å². The van der Waals surface area contributed by atoms with Crippen molar-refractivity contribution in [2.45, 2.75) is 36.1 Å². The van der Waals surface area contributed by atoms with Gasteiger partial charge in [-0.15, -0.1) is 0 Å². The first kappa shape index (κ1) is 23.2. The van der Waals surface area contributed by atoms with E-state index in [1.54, 1.807) is 36.5 Å². The number of carbonyl (C=O) groups is 2. The van der Waals surface area contributed by atoms with Crippen LogP contribution in [0.25, 0.3) is 0 Å². The van der Waals surface area contributed by atoms with Gasteiger partial charge in [-0.1, -0.05) is 54.9 Å². The van der Waals surface area contributed by atoms with Gasteiger partial charge in [0.05, 0.1) is 11.3 Å². The SMILES string of the molecule is O=C(CSc1ncccc1C(=O)NCC1(c2ccccc2)CCCC1)Nc1ccc2c(c1)OCO2. The number of aromatic nitrogens is 1. The van der Waals surface area contributed by atoms with Crippen LogP contribution < -0.4 is 20.1 Å². The normalized spacial score (nSPS) is 15.5. The van der Waals surface area contributed by atoms with Crippen LogP contribution in [0, 0.1) is 0 Å². The maximum Gasteiger partial charge on any atom is 0.254 e. The van der Waals surface area contributed by atoms with Crippen LogP contribution in [0.3, 0.4) is 0 Å². The maximum atomic E-state index is 13.1. The zero-order chi connectivity index (χ0) is 24.1. The summed E-state index contributed by atoms with van der Waals surface area (Å²) in [6, 6.07) is 19.2. The Morgan fingerprint density at radius 1 is 0.971 bits per heavy atom. The fourth-order valence-corrected chi connectivity index (χ4v) is 5.53. The van der Waals surface area contributed by atoms with Gasteiger partial charge in [0.15, 0.2) is 11.5 Å². The predicted octanol–water partition coefficient (Wildman–Crippen LogP) is 4.78. The third-order valence-corrected chi connectivity index (χ3v) is 7.55. The van der Waals surface area contributed by atoms with E-state index in [1.807, 2.05) is 6.07 Å². The Bertz CT molecular complexity index is 1210. The van der Waals surface area contributed by atoms with Gasteiger partial charge in [0.2, 0.25) is 12.7 Å². The van der Waals surface area contributed by atoms with E-state index >= 15 is 0 Å². The molecule has 1 fully saturated rings. The number of nitrogens with zero attached hydrogens (tertiary/aromatic N) is 1. The summed E-state index contributed by atoms with van der Waals surface area (Å²) in [6.07, 6.45) is 6.09. The van der Waals surface area contributed by atoms with E-state index < -0.39 is 0 Å². The summed E-state index contributed by atoms with van der Waals surface area (Å²) < 4.78 is 10.7. The molecule has 1 aliphatic carbocycles. The number of pyridine rings is 1. The Balaban J connectivity index is 1.21. The van der Waals surface area contributed by atoms with Gasteiger partial charge < -0.3 is 20.1 Å². The molecule has 3 aromatic rings. The molecule has 0 atom stereocenters. The van der Waals surface area contributed by atoms with E-state index in [1.165, 1.54) is 17.3 Å². The summed E-state index contributed by atoms with van der Waals surface area (Å²) in [5.41, 5.74) is 2.35. The summed E-state index contributed by atoms with van der Waals surface area (Å²) in [5, 5.41) is 6.54. The molecule has 1 saturated carbocycles. The number of fused-ring (bicyclic) bond motifs is 1. The minimum atomic E-state index is -0.195. The average Bonchev–Trinajstić information content (AvgIpc) is 3.57. The Hall–Kier alpha value is -3.52. The molecule has 0 bridgehead atoms. The molecule has 8 heteroatoms. The van der Waals surface area contributed by atoms with E-state index in [0.29, 0.717) is 34.3 Å². The molecule has 0 radical (unpaired) electrons. The number of hydrogen-bond donors (Lipinski definition) is 2. The molecule has 7 nitrogen and oxygen atoms in total. The number of anilines is 1. The van der Waals surface area contributed by atoms with Crippen molar-refractivity contribution in [1.82, 2.24) is 10.3 Å². The van der Waals surface area contributed by atoms with Crippen molar-refractivity contribution in [2.75, 3.05) is 24.4 Å². The lowest BCUT2D eigenvalue weighted by atomic mass is 9.79. The van der Waals surface area contributed by atoms with E-state index in [2.05, 4.69) is 39.9 Å². The van der Waals surface area contributed by atoms with E-state index in [9.17, 15) is 9.59 Å². The number of ether oxygens (including phenoxy) is 2. The Morgan fingerprint density at radius 2 is 1.77 bits per heavy atom. The van der Waals surface area contributed by atoms with Gasteiger partial charge in [0, 0.05) is 29.9 Å². The molecule has 1 aliphatic heterocycles. The van der Waals surface area contributed by atoms with Gasteiger partial charge in [-0.3, -0.25) is 9.59 Å². The van der Waals surface area contributed by atoms with Crippen LogP contribution in [0.5, 0.6) is 11.5 Å². The lowest BCUT2D eigenvalue weighted by molar-refractivity contribution is -0.113. The maximum absolute atomic E-state index is 13.1. The van der Waals surface area contributed by atoms with Crippen molar-refractivity contribution < 1.29 is 19.1 Å². The predicted molar refractivity (Wildman–Crippen MR) is 135 cm³/mol. The van der Waals surface area contributed by atoms with Crippen molar-refractivity contribution in [2.24, 2.45) is 0 Å². The zero-order valence-corrected chi connectivity index (χ0v) is 20.1. The van der Waals surface area contributed by atoms with Gasteiger partial charge in [-0.05, 0) is 42.7 Å². The number of amides is 2. The molecule has 0 spiro atoms. The summed E-state index contributed by atoms with van der Waals surface area (Å²) >= 11 is 1.24. The second-order valence-corrected chi connectivity index (χ2v) is 9.76. The highest BCUT2D eigenvalue weighted by Crippen LogP contribution is 2.40. The van der Waals surface area contributed by atoms with Crippen molar-refractivity contribution in [3.63, 3.8) is 0 Å². The van der Waals surface area contributed by atoms with Crippen molar-refractivity contribution in [3.8, 4) is 11.5 Å². The third kappa shape index (κ3) is 5.27. The van der Waals surface area contributed by atoms with Crippen LogP contribution in [-0.4, -0.2) is 35.9 Å². The second kappa shape index (κ2) is 10.4. The Labute approximate surface area is 208 Å². The van der Waals surface area contributed by atoms with Gasteiger partial charge in [0.25, 0.3) is 5.91 Å². The van der Waals surface area contributed by atoms with Crippen molar-refractivity contribution >= 4 is 29.3 Å². The van der Waals surface area contributed by atoms with Crippen LogP contribution in [0.4, 0.5) is 5.69 Å². The zero-order valence-electron chi connectivity index (χ0n) is 19.3. The van der Waals surface area contributed by atoms with E-state index in [4.69, 9.17) is 9.47 Å². The standard InChI is InChI=1S/C27H27N3O4S/c31-24(30-20-10-11-22-23(15-20)34-18-33-22)16-35-26-21(9-6-14-28-26)25(32)29-17-27(12-4-5-13-27)19-7-2-1-3-8-19/h1-3,6-11,14-15H,4-5,12-13,16-18H2,(H,29,32)(H,30,31). The fraction of sp³-hybridized carbons (Fsp3) is 0.296. The highest BCUT2D eigenvalue weighted by Gasteiger charge is 2.36. The number of thioether (sulfide) groups is 1. The van der Waals surface area contributed by atoms with Gasteiger partial charge >= 0.3 is 0 Å². The number of rotatable bonds is 8. The van der Waals surface area contributed by atoms with Crippen molar-refractivity contribution in [1.29, 1.82) is 0 Å². The molecule has 2 amide bonds. The minimum Gasteiger partial charge on any atom is -0.454 e. The fourth-order valence-electron chi connectivity index (χ4n) is 4.74. The smallest absolute Gasteiger partial charge is 0.254 e. The average molecular weight is 490 g/mol. The molecule has 0 unspecified atom stereocenters. The molecule has 2 aliphatic rings. The van der Waals surface area contributed by atoms with Crippen LogP contribution in [0.15, 0.2) is 71.9 Å².